The molecule has 5 amide bonds. The number of fused-ring (bicyclic) bond motifs is 1. The van der Waals surface area contributed by atoms with Crippen molar-refractivity contribution in [3.63, 3.8) is 0 Å². The summed E-state index contributed by atoms with van der Waals surface area (Å²) in [5, 5.41) is 7.91. The molecule has 2 saturated heterocycles. The van der Waals surface area contributed by atoms with Gasteiger partial charge in [0.15, 0.2) is 0 Å². The average Bonchev–Trinajstić information content (AvgIpc) is 2.96. The lowest BCUT2D eigenvalue weighted by atomic mass is 9.75. The van der Waals surface area contributed by atoms with Crippen LogP contribution in [0.3, 0.4) is 0 Å². The highest BCUT2D eigenvalue weighted by molar-refractivity contribution is 6.02. The molecule has 0 bridgehead atoms. The highest BCUT2D eigenvalue weighted by Crippen LogP contribution is 2.41. The Kier molecular flexibility index (Phi) is 6.30. The molecule has 0 radical (unpaired) electrons. The van der Waals surface area contributed by atoms with Gasteiger partial charge < -0.3 is 20.3 Å². The summed E-state index contributed by atoms with van der Waals surface area (Å²) >= 11 is 0. The number of urea groups is 1. The van der Waals surface area contributed by atoms with Crippen LogP contribution in [0.25, 0.3) is 0 Å². The minimum Gasteiger partial charge on any atom is -0.383 e. The number of hydrogen-bond donors (Lipinski definition) is 3. The molecule has 9 nitrogen and oxygen atoms in total. The molecule has 9 heteroatoms. The first kappa shape index (κ1) is 19.6. The fraction of sp³-hybridized carbons (Fsp3) is 0.778. The van der Waals surface area contributed by atoms with Gasteiger partial charge in [0.05, 0.1) is 6.61 Å². The minimum atomic E-state index is -0.524. The van der Waals surface area contributed by atoms with Crippen LogP contribution >= 0.6 is 0 Å². The summed E-state index contributed by atoms with van der Waals surface area (Å²) in [5.74, 6) is -0.185. The minimum absolute atomic E-state index is 0.0174. The predicted molar refractivity (Wildman–Crippen MR) is 95.5 cm³/mol. The second kappa shape index (κ2) is 8.69. The third-order valence-corrected chi connectivity index (χ3v) is 5.86. The number of carbonyl (C=O) groups is 4. The molecule has 3 aliphatic rings. The zero-order valence-corrected chi connectivity index (χ0v) is 15.7. The summed E-state index contributed by atoms with van der Waals surface area (Å²) in [6.07, 6.45) is 3.28. The van der Waals surface area contributed by atoms with Crippen LogP contribution in [0.2, 0.25) is 0 Å². The molecule has 4 unspecified atom stereocenters. The number of imide groups is 1. The predicted octanol–water partition coefficient (Wildman–Crippen LogP) is -0.388. The Morgan fingerprint density at radius 1 is 1.22 bits per heavy atom. The van der Waals surface area contributed by atoms with Gasteiger partial charge in [0, 0.05) is 39.1 Å². The molecular formula is C18H28N4O5. The second-order valence-corrected chi connectivity index (χ2v) is 7.63. The van der Waals surface area contributed by atoms with Gasteiger partial charge in [0.25, 0.3) is 0 Å². The summed E-state index contributed by atoms with van der Waals surface area (Å²) in [4.78, 5) is 49.7. The van der Waals surface area contributed by atoms with Crippen molar-refractivity contribution in [3.05, 3.63) is 0 Å². The number of carbonyl (C=O) groups excluding carboxylic acids is 4. The molecule has 2 aliphatic heterocycles. The zero-order chi connectivity index (χ0) is 19.4. The van der Waals surface area contributed by atoms with Gasteiger partial charge in [-0.1, -0.05) is 0 Å². The molecule has 4 atom stereocenters. The lowest BCUT2D eigenvalue weighted by Gasteiger charge is -2.30. The van der Waals surface area contributed by atoms with Crippen LogP contribution in [0, 0.1) is 17.8 Å². The Bertz CT molecular complexity index is 611. The van der Waals surface area contributed by atoms with Crippen molar-refractivity contribution in [1.29, 1.82) is 0 Å². The number of piperidine rings is 1. The quantitative estimate of drug-likeness (QED) is 0.429. The molecule has 27 heavy (non-hydrogen) atoms. The molecule has 0 aromatic heterocycles. The van der Waals surface area contributed by atoms with E-state index in [1.165, 1.54) is 0 Å². The van der Waals surface area contributed by atoms with Crippen LogP contribution in [-0.2, 0) is 19.1 Å². The van der Waals surface area contributed by atoms with Crippen LogP contribution in [0.15, 0.2) is 0 Å². The van der Waals surface area contributed by atoms with E-state index in [4.69, 9.17) is 4.74 Å². The first-order valence-corrected chi connectivity index (χ1v) is 9.64. The smallest absolute Gasteiger partial charge is 0.314 e. The molecule has 0 aromatic carbocycles. The maximum absolute atomic E-state index is 12.9. The third-order valence-electron chi connectivity index (χ3n) is 5.86. The fourth-order valence-electron chi connectivity index (χ4n) is 4.41. The van der Waals surface area contributed by atoms with E-state index in [1.807, 2.05) is 0 Å². The molecule has 3 rings (SSSR count). The first-order valence-electron chi connectivity index (χ1n) is 9.64. The first-order chi connectivity index (χ1) is 13.0. The van der Waals surface area contributed by atoms with Crippen LogP contribution in [0.5, 0.6) is 0 Å². The number of nitrogens with one attached hydrogen (secondary N) is 3. The molecule has 1 aliphatic carbocycles. The third kappa shape index (κ3) is 4.58. The van der Waals surface area contributed by atoms with Gasteiger partial charge in [-0.05, 0) is 37.5 Å². The fourth-order valence-corrected chi connectivity index (χ4v) is 4.41. The van der Waals surface area contributed by atoms with Gasteiger partial charge in [-0.3, -0.25) is 19.7 Å². The summed E-state index contributed by atoms with van der Waals surface area (Å²) in [5.41, 5.74) is 0. The number of nitrogens with zero attached hydrogens (tertiary/aromatic N) is 1. The van der Waals surface area contributed by atoms with E-state index >= 15 is 0 Å². The number of rotatable bonds is 6. The van der Waals surface area contributed by atoms with Crippen LogP contribution in [0.4, 0.5) is 4.79 Å². The van der Waals surface area contributed by atoms with Gasteiger partial charge in [-0.2, -0.15) is 0 Å². The average molecular weight is 380 g/mol. The number of likely N-dealkylation sites (tertiary alicyclic amines) is 1. The van der Waals surface area contributed by atoms with Crippen molar-refractivity contribution in [2.75, 3.05) is 33.4 Å². The molecule has 3 N–H and O–H groups in total. The second-order valence-electron chi connectivity index (χ2n) is 7.63. The van der Waals surface area contributed by atoms with Crippen molar-refractivity contribution in [3.8, 4) is 0 Å². The Morgan fingerprint density at radius 3 is 2.78 bits per heavy atom. The monoisotopic (exact) mass is 380 g/mol. The van der Waals surface area contributed by atoms with Gasteiger partial charge in [0.2, 0.25) is 17.7 Å². The molecule has 3 fully saturated rings. The van der Waals surface area contributed by atoms with Crippen LogP contribution in [-0.4, -0.2) is 68.0 Å². The van der Waals surface area contributed by atoms with Crippen molar-refractivity contribution in [2.24, 2.45) is 17.8 Å². The molecular weight excluding hydrogens is 352 g/mol. The van der Waals surface area contributed by atoms with Crippen molar-refractivity contribution in [2.45, 2.75) is 38.1 Å². The zero-order valence-electron chi connectivity index (χ0n) is 15.7. The van der Waals surface area contributed by atoms with E-state index in [0.717, 1.165) is 19.3 Å². The van der Waals surface area contributed by atoms with Crippen LogP contribution in [0.1, 0.15) is 32.1 Å². The standard InChI is InChI=1S/C18H28N4O5/c1-27-7-6-19-18(26)20-9-11-2-3-12-10-22(17(25)13(12)8-11)14-4-5-15(23)21-16(14)24/h11-14H,2-10H2,1H3,(H2,19,20,26)(H,21,23,24). The Labute approximate surface area is 158 Å². The number of methoxy groups -OCH3 is 1. The van der Waals surface area contributed by atoms with Crippen molar-refractivity contribution < 1.29 is 23.9 Å². The number of ether oxygens (including phenoxy) is 1. The summed E-state index contributed by atoms with van der Waals surface area (Å²) in [6.45, 7) is 2.05. The number of hydrogen-bond acceptors (Lipinski definition) is 5. The normalized spacial score (nSPS) is 30.7. The maximum atomic E-state index is 12.9. The summed E-state index contributed by atoms with van der Waals surface area (Å²) in [6, 6.07) is -0.749. The van der Waals surface area contributed by atoms with Gasteiger partial charge in [-0.15, -0.1) is 0 Å². The Balaban J connectivity index is 1.49. The van der Waals surface area contributed by atoms with E-state index in [9.17, 15) is 19.2 Å². The molecule has 1 saturated carbocycles. The molecule has 0 aromatic rings. The van der Waals surface area contributed by atoms with E-state index in [-0.39, 0.29) is 47.9 Å². The van der Waals surface area contributed by atoms with Crippen LogP contribution < -0.4 is 16.0 Å². The van der Waals surface area contributed by atoms with Gasteiger partial charge in [0.1, 0.15) is 6.04 Å². The molecule has 2 heterocycles. The maximum Gasteiger partial charge on any atom is 0.314 e. The van der Waals surface area contributed by atoms with E-state index < -0.39 is 6.04 Å². The highest BCUT2D eigenvalue weighted by Gasteiger charge is 2.48. The molecule has 0 spiro atoms. The largest absolute Gasteiger partial charge is 0.383 e. The Hall–Kier alpha value is -2.16. The topological polar surface area (TPSA) is 117 Å². The number of amides is 5. The lowest BCUT2D eigenvalue weighted by molar-refractivity contribution is -0.144. The van der Waals surface area contributed by atoms with E-state index in [0.29, 0.717) is 32.7 Å². The summed E-state index contributed by atoms with van der Waals surface area (Å²) in [7, 11) is 1.58. The van der Waals surface area contributed by atoms with Gasteiger partial charge >= 0.3 is 6.03 Å². The highest BCUT2D eigenvalue weighted by atomic mass is 16.5. The SMILES string of the molecule is COCCNC(=O)NCC1CCC2CN(C3CCC(=O)NC3=O)C(=O)C2C1. The lowest BCUT2D eigenvalue weighted by Crippen LogP contribution is -2.53. The van der Waals surface area contributed by atoms with E-state index in [1.54, 1.807) is 12.0 Å². The van der Waals surface area contributed by atoms with Crippen molar-refractivity contribution >= 4 is 23.8 Å². The van der Waals surface area contributed by atoms with Gasteiger partial charge in [-0.25, -0.2) is 4.79 Å². The van der Waals surface area contributed by atoms with Crippen molar-refractivity contribution in [1.82, 2.24) is 20.9 Å². The summed E-state index contributed by atoms with van der Waals surface area (Å²) < 4.78 is 4.89. The molecule has 150 valence electrons. The van der Waals surface area contributed by atoms with E-state index in [2.05, 4.69) is 16.0 Å². The Morgan fingerprint density at radius 2 is 2.04 bits per heavy atom.